The lowest BCUT2D eigenvalue weighted by atomic mass is 10.1. The van der Waals surface area contributed by atoms with Gasteiger partial charge in [-0.1, -0.05) is 24.3 Å². The van der Waals surface area contributed by atoms with Gasteiger partial charge < -0.3 is 16.2 Å². The first kappa shape index (κ1) is 14.1. The number of nitrogens with two attached hydrogens (primary N) is 1. The Hall–Kier alpha value is -2.33. The summed E-state index contributed by atoms with van der Waals surface area (Å²) in [7, 11) is 0. The molecule has 2 aromatic rings. The van der Waals surface area contributed by atoms with Crippen molar-refractivity contribution < 1.29 is 9.90 Å². The van der Waals surface area contributed by atoms with Crippen molar-refractivity contribution in [1.82, 2.24) is 0 Å². The van der Waals surface area contributed by atoms with Crippen molar-refractivity contribution in [2.45, 2.75) is 19.4 Å². The molecule has 2 rings (SSSR count). The van der Waals surface area contributed by atoms with Gasteiger partial charge in [-0.25, -0.2) is 0 Å². The predicted molar refractivity (Wildman–Crippen MR) is 80.2 cm³/mol. The van der Waals surface area contributed by atoms with Crippen LogP contribution in [0.25, 0.3) is 0 Å². The summed E-state index contributed by atoms with van der Waals surface area (Å²) in [6.07, 6.45) is 1.05. The molecule has 0 aliphatic carbocycles. The highest BCUT2D eigenvalue weighted by Gasteiger charge is 2.04. The van der Waals surface area contributed by atoms with Crippen LogP contribution in [0.3, 0.4) is 0 Å². The lowest BCUT2D eigenvalue weighted by Crippen LogP contribution is -2.12. The van der Waals surface area contributed by atoms with Gasteiger partial charge >= 0.3 is 0 Å². The van der Waals surface area contributed by atoms with Crippen LogP contribution in [0.4, 0.5) is 11.4 Å². The number of aliphatic hydroxyl groups excluding tert-OH is 1. The number of anilines is 2. The second-order valence-electron chi connectivity index (χ2n) is 4.65. The number of aryl methyl sites for hydroxylation is 1. The van der Waals surface area contributed by atoms with Crippen LogP contribution >= 0.6 is 0 Å². The minimum absolute atomic E-state index is 0.0347. The van der Waals surface area contributed by atoms with Crippen LogP contribution in [0, 0.1) is 0 Å². The Bertz CT molecular complexity index is 597. The summed E-state index contributed by atoms with van der Waals surface area (Å²) in [5, 5.41) is 11.9. The predicted octanol–water partition coefficient (Wildman–Crippen LogP) is 2.33. The maximum Gasteiger partial charge on any atom is 0.224 e. The third kappa shape index (κ3) is 4.10. The van der Waals surface area contributed by atoms with Crippen LogP contribution in [0.15, 0.2) is 48.5 Å². The summed E-state index contributed by atoms with van der Waals surface area (Å²) in [4.78, 5) is 11.9. The molecule has 4 N–H and O–H groups in total. The minimum atomic E-state index is -0.0532. The zero-order chi connectivity index (χ0) is 14.4. The zero-order valence-corrected chi connectivity index (χ0v) is 11.2. The van der Waals surface area contributed by atoms with Gasteiger partial charge in [0.15, 0.2) is 0 Å². The summed E-state index contributed by atoms with van der Waals surface area (Å²) >= 11 is 0. The van der Waals surface area contributed by atoms with Crippen LogP contribution < -0.4 is 11.1 Å². The number of nitrogens with one attached hydrogen (secondary N) is 1. The fourth-order valence-corrected chi connectivity index (χ4v) is 1.98. The van der Waals surface area contributed by atoms with Crippen LogP contribution in [-0.4, -0.2) is 11.0 Å². The van der Waals surface area contributed by atoms with Gasteiger partial charge in [-0.3, -0.25) is 4.79 Å². The van der Waals surface area contributed by atoms with Gasteiger partial charge in [0.2, 0.25) is 5.91 Å². The molecule has 1 amide bonds. The summed E-state index contributed by atoms with van der Waals surface area (Å²) < 4.78 is 0. The maximum atomic E-state index is 11.9. The van der Waals surface area contributed by atoms with E-state index < -0.39 is 0 Å². The quantitative estimate of drug-likeness (QED) is 0.730. The molecule has 0 fully saturated rings. The number of nitrogen functional groups attached to an aromatic ring is 1. The molecule has 0 aromatic heterocycles. The Balaban J connectivity index is 1.89. The summed E-state index contributed by atoms with van der Waals surface area (Å²) in [5.74, 6) is -0.0532. The molecule has 0 radical (unpaired) electrons. The van der Waals surface area contributed by atoms with Crippen LogP contribution in [0.5, 0.6) is 0 Å². The Morgan fingerprint density at radius 1 is 1.10 bits per heavy atom. The smallest absolute Gasteiger partial charge is 0.224 e. The number of hydrogen-bond donors (Lipinski definition) is 3. The van der Waals surface area contributed by atoms with E-state index in [1.165, 1.54) is 0 Å². The van der Waals surface area contributed by atoms with Crippen molar-refractivity contribution in [3.05, 3.63) is 59.7 Å². The molecule has 4 heteroatoms. The molecule has 20 heavy (non-hydrogen) atoms. The van der Waals surface area contributed by atoms with Crippen LogP contribution in [0.1, 0.15) is 17.5 Å². The molecule has 4 nitrogen and oxygen atoms in total. The van der Waals surface area contributed by atoms with E-state index in [1.807, 2.05) is 30.3 Å². The fraction of sp³-hybridized carbons (Fsp3) is 0.188. The van der Waals surface area contributed by atoms with Gasteiger partial charge in [-0.2, -0.15) is 0 Å². The van der Waals surface area contributed by atoms with Crippen molar-refractivity contribution in [3.8, 4) is 0 Å². The SMILES string of the molecule is Nc1cccc(CCC(=O)Nc2cccc(CO)c2)c1. The zero-order valence-electron chi connectivity index (χ0n) is 11.2. The van der Waals surface area contributed by atoms with Gasteiger partial charge in [-0.15, -0.1) is 0 Å². The highest BCUT2D eigenvalue weighted by Crippen LogP contribution is 2.12. The van der Waals surface area contributed by atoms with Crippen molar-refractivity contribution in [2.24, 2.45) is 0 Å². The number of carbonyl (C=O) groups excluding carboxylic acids is 1. The molecule has 0 saturated heterocycles. The van der Waals surface area contributed by atoms with E-state index in [-0.39, 0.29) is 12.5 Å². The second kappa shape index (κ2) is 6.73. The average Bonchev–Trinajstić information content (AvgIpc) is 2.45. The van der Waals surface area contributed by atoms with Crippen molar-refractivity contribution in [3.63, 3.8) is 0 Å². The number of rotatable bonds is 5. The lowest BCUT2D eigenvalue weighted by Gasteiger charge is -2.07. The molecule has 0 spiro atoms. The highest BCUT2D eigenvalue weighted by atomic mass is 16.3. The summed E-state index contributed by atoms with van der Waals surface area (Å²) in [6.45, 7) is -0.0347. The number of benzene rings is 2. The van der Waals surface area contributed by atoms with Crippen LogP contribution in [-0.2, 0) is 17.8 Å². The molecule has 0 unspecified atom stereocenters. The number of aliphatic hydroxyl groups is 1. The summed E-state index contributed by atoms with van der Waals surface area (Å²) in [5.41, 5.74) is 8.93. The summed E-state index contributed by atoms with van der Waals surface area (Å²) in [6, 6.07) is 14.7. The molecule has 0 bridgehead atoms. The third-order valence-corrected chi connectivity index (χ3v) is 2.99. The minimum Gasteiger partial charge on any atom is -0.399 e. The molecule has 0 aliphatic rings. The Labute approximate surface area is 118 Å². The normalized spacial score (nSPS) is 10.2. The molecule has 2 aromatic carbocycles. The molecule has 0 aliphatic heterocycles. The third-order valence-electron chi connectivity index (χ3n) is 2.99. The number of amides is 1. The van der Waals surface area contributed by atoms with Crippen LogP contribution in [0.2, 0.25) is 0 Å². The highest BCUT2D eigenvalue weighted by molar-refractivity contribution is 5.90. The van der Waals surface area contributed by atoms with Crippen molar-refractivity contribution >= 4 is 17.3 Å². The van der Waals surface area contributed by atoms with E-state index >= 15 is 0 Å². The first-order valence-corrected chi connectivity index (χ1v) is 6.51. The Morgan fingerprint density at radius 3 is 2.60 bits per heavy atom. The number of hydrogen-bond acceptors (Lipinski definition) is 3. The van der Waals surface area contributed by atoms with Crippen molar-refractivity contribution in [2.75, 3.05) is 11.1 Å². The van der Waals surface area contributed by atoms with E-state index in [4.69, 9.17) is 10.8 Å². The van der Waals surface area contributed by atoms with E-state index in [2.05, 4.69) is 5.32 Å². The van der Waals surface area contributed by atoms with E-state index in [0.29, 0.717) is 24.2 Å². The van der Waals surface area contributed by atoms with Gasteiger partial charge in [0, 0.05) is 17.8 Å². The second-order valence-corrected chi connectivity index (χ2v) is 4.65. The standard InChI is InChI=1S/C16H18N2O2/c17-14-5-1-3-12(9-14)7-8-16(20)18-15-6-2-4-13(10-15)11-19/h1-6,9-10,19H,7-8,11,17H2,(H,18,20). The average molecular weight is 270 g/mol. The van der Waals surface area contributed by atoms with E-state index in [0.717, 1.165) is 11.1 Å². The molecule has 0 saturated carbocycles. The van der Waals surface area contributed by atoms with Crippen molar-refractivity contribution in [1.29, 1.82) is 0 Å². The molecule has 0 heterocycles. The first-order chi connectivity index (χ1) is 9.67. The largest absolute Gasteiger partial charge is 0.399 e. The topological polar surface area (TPSA) is 75.4 Å². The fourth-order valence-electron chi connectivity index (χ4n) is 1.98. The maximum absolute atomic E-state index is 11.9. The molecular formula is C16H18N2O2. The monoisotopic (exact) mass is 270 g/mol. The van der Waals surface area contributed by atoms with Gasteiger partial charge in [0.25, 0.3) is 0 Å². The van der Waals surface area contributed by atoms with Gasteiger partial charge in [-0.05, 0) is 41.8 Å². The number of carbonyl (C=O) groups is 1. The molecular weight excluding hydrogens is 252 g/mol. The Morgan fingerprint density at radius 2 is 1.85 bits per heavy atom. The van der Waals surface area contributed by atoms with E-state index in [1.54, 1.807) is 18.2 Å². The van der Waals surface area contributed by atoms with E-state index in [9.17, 15) is 4.79 Å². The molecule has 0 atom stereocenters. The lowest BCUT2D eigenvalue weighted by molar-refractivity contribution is -0.116. The van der Waals surface area contributed by atoms with Gasteiger partial charge in [0.1, 0.15) is 0 Å². The van der Waals surface area contributed by atoms with Gasteiger partial charge in [0.05, 0.1) is 6.61 Å². The first-order valence-electron chi connectivity index (χ1n) is 6.51. The molecule has 104 valence electrons. The Kier molecular flexibility index (Phi) is 4.74.